The molecule has 0 aliphatic heterocycles. The number of hydrogen-bond acceptors (Lipinski definition) is 7. The van der Waals surface area contributed by atoms with Crippen molar-refractivity contribution in [1.82, 2.24) is 21.3 Å². The van der Waals surface area contributed by atoms with E-state index in [0.717, 1.165) is 5.56 Å². The topological polar surface area (TPSA) is 155 Å². The molecule has 0 radical (unpaired) electrons. The van der Waals surface area contributed by atoms with Gasteiger partial charge in [-0.15, -0.1) is 0 Å². The van der Waals surface area contributed by atoms with E-state index in [1.54, 1.807) is 69.3 Å². The molecule has 0 unspecified atom stereocenters. The number of halogens is 4. The number of hydrogen-bond donors (Lipinski definition) is 5. The first-order valence-corrected chi connectivity index (χ1v) is 18.6. The molecule has 0 fully saturated rings. The predicted molar refractivity (Wildman–Crippen MR) is 207 cm³/mol. The maximum atomic E-state index is 14.3. The molecular formula is C41H52ClF3N4O7. The summed E-state index contributed by atoms with van der Waals surface area (Å²) >= 11 is 6.10. The number of nitrogens with one attached hydrogen (secondary N) is 4. The normalized spacial score (nSPS) is 14.6. The van der Waals surface area contributed by atoms with E-state index < -0.39 is 71.7 Å². The number of ether oxygens (including phenoxy) is 2. The molecule has 56 heavy (non-hydrogen) atoms. The molecule has 306 valence electrons. The van der Waals surface area contributed by atoms with Crippen molar-refractivity contribution in [2.75, 3.05) is 7.11 Å². The summed E-state index contributed by atoms with van der Waals surface area (Å²) < 4.78 is 51.4. The Morgan fingerprint density at radius 3 is 1.79 bits per heavy atom. The van der Waals surface area contributed by atoms with Gasteiger partial charge in [-0.2, -0.15) is 13.2 Å². The van der Waals surface area contributed by atoms with E-state index in [1.165, 1.54) is 45.2 Å². The number of benzene rings is 3. The second-order valence-electron chi connectivity index (χ2n) is 15.2. The molecule has 0 heterocycles. The number of methoxy groups -OCH3 is 1. The van der Waals surface area contributed by atoms with Gasteiger partial charge < -0.3 is 35.8 Å². The molecule has 0 saturated heterocycles. The van der Waals surface area contributed by atoms with Gasteiger partial charge in [-0.3, -0.25) is 14.4 Å². The number of amides is 4. The average molecular weight is 805 g/mol. The fourth-order valence-electron chi connectivity index (χ4n) is 5.90. The lowest BCUT2D eigenvalue weighted by atomic mass is 9.87. The van der Waals surface area contributed by atoms with Crippen LogP contribution in [0.4, 0.5) is 18.0 Å². The van der Waals surface area contributed by atoms with Crippen LogP contribution in [0.3, 0.4) is 0 Å². The van der Waals surface area contributed by atoms with Gasteiger partial charge in [0, 0.05) is 18.0 Å². The van der Waals surface area contributed by atoms with Gasteiger partial charge in [0.2, 0.25) is 17.7 Å². The Hall–Kier alpha value is -4.82. The molecule has 0 aromatic heterocycles. The first kappa shape index (κ1) is 45.6. The second-order valence-corrected chi connectivity index (χ2v) is 15.6. The van der Waals surface area contributed by atoms with Crippen LogP contribution in [0.1, 0.15) is 82.7 Å². The number of rotatable bonds is 16. The first-order chi connectivity index (χ1) is 26.1. The molecule has 5 atom stereocenters. The third-order valence-corrected chi connectivity index (χ3v) is 9.06. The van der Waals surface area contributed by atoms with Crippen LogP contribution in [0.25, 0.3) is 0 Å². The molecule has 0 aliphatic rings. The Bertz CT molecular complexity index is 1760. The van der Waals surface area contributed by atoms with E-state index in [-0.39, 0.29) is 24.4 Å². The number of carbonyl (C=O) groups is 4. The van der Waals surface area contributed by atoms with Gasteiger partial charge in [-0.1, -0.05) is 87.8 Å². The Morgan fingerprint density at radius 2 is 1.29 bits per heavy atom. The summed E-state index contributed by atoms with van der Waals surface area (Å²) in [4.78, 5) is 54.3. The number of alkyl halides is 3. The van der Waals surface area contributed by atoms with Crippen LogP contribution in [-0.2, 0) is 32.1 Å². The smallest absolute Gasteiger partial charge is 0.416 e. The highest BCUT2D eigenvalue weighted by molar-refractivity contribution is 6.30. The maximum Gasteiger partial charge on any atom is 0.416 e. The third kappa shape index (κ3) is 13.7. The van der Waals surface area contributed by atoms with Gasteiger partial charge in [-0.25, -0.2) is 4.79 Å². The molecule has 5 N–H and O–H groups in total. The lowest BCUT2D eigenvalue weighted by Crippen LogP contribution is -2.56. The standard InChI is InChI=1S/C41H52ClF3N4O7/c1-23(2)32(27-13-17-29(42)18-14-27)37(52)47-31(21-25-9-11-26(12-10-25)22-46-39(54)56-40(5,6)7)36(51)49-34(28-15-19-30(55-8)20-16-28)38(53)48-33(24(3)4)35(50)41(43,44)45/h9-20,23-24,31-35,50H,21-22H2,1-8H3,(H,46,54)(H,47,52)(H,48,53)(H,49,51)/t31-,32+,33-,34-,35-/m0/s1. The zero-order chi connectivity index (χ0) is 42.0. The summed E-state index contributed by atoms with van der Waals surface area (Å²) in [6.45, 7) is 11.9. The molecule has 4 amide bonds. The maximum absolute atomic E-state index is 14.3. The molecule has 0 aliphatic carbocycles. The van der Waals surface area contributed by atoms with E-state index in [4.69, 9.17) is 21.1 Å². The Morgan fingerprint density at radius 1 is 0.732 bits per heavy atom. The van der Waals surface area contributed by atoms with Gasteiger partial charge >= 0.3 is 12.3 Å². The van der Waals surface area contributed by atoms with Crippen LogP contribution in [0.5, 0.6) is 5.75 Å². The Balaban J connectivity index is 1.99. The van der Waals surface area contributed by atoms with E-state index >= 15 is 0 Å². The molecule has 15 heteroatoms. The quantitative estimate of drug-likeness (QED) is 0.107. The number of alkyl carbamates (subject to hydrolysis) is 1. The SMILES string of the molecule is COc1ccc([C@H](NC(=O)[C@H](Cc2ccc(CNC(=O)OC(C)(C)C)cc2)NC(=O)[C@@H](c2ccc(Cl)cc2)C(C)C)C(=O)N[C@@H](C(C)C)[C@H](O)C(F)(F)F)cc1. The van der Waals surface area contributed by atoms with Crippen LogP contribution < -0.4 is 26.0 Å². The van der Waals surface area contributed by atoms with Gasteiger partial charge in [0.1, 0.15) is 23.4 Å². The number of carbonyl (C=O) groups excluding carboxylic acids is 4. The fraction of sp³-hybridized carbons (Fsp3) is 0.463. The van der Waals surface area contributed by atoms with Crippen LogP contribution in [0.2, 0.25) is 5.02 Å². The average Bonchev–Trinajstić information content (AvgIpc) is 3.11. The van der Waals surface area contributed by atoms with Gasteiger partial charge in [0.05, 0.1) is 19.1 Å². The van der Waals surface area contributed by atoms with E-state index in [1.807, 2.05) is 13.8 Å². The van der Waals surface area contributed by atoms with Crippen LogP contribution in [0.15, 0.2) is 72.8 Å². The van der Waals surface area contributed by atoms with Gasteiger partial charge in [0.25, 0.3) is 0 Å². The minimum absolute atomic E-state index is 0.0544. The number of aliphatic hydroxyl groups is 1. The molecule has 0 saturated carbocycles. The lowest BCUT2D eigenvalue weighted by Gasteiger charge is -2.31. The molecule has 0 bridgehead atoms. The van der Waals surface area contributed by atoms with Crippen molar-refractivity contribution in [2.45, 2.75) is 103 Å². The van der Waals surface area contributed by atoms with Crippen molar-refractivity contribution in [3.63, 3.8) is 0 Å². The third-order valence-electron chi connectivity index (χ3n) is 8.81. The molecule has 3 rings (SSSR count). The van der Waals surface area contributed by atoms with Gasteiger partial charge in [-0.05, 0) is 79.1 Å². The highest BCUT2D eigenvalue weighted by atomic mass is 35.5. The second kappa shape index (κ2) is 19.9. The van der Waals surface area contributed by atoms with Crippen molar-refractivity contribution in [2.24, 2.45) is 11.8 Å². The van der Waals surface area contributed by atoms with Crippen LogP contribution >= 0.6 is 11.6 Å². The summed E-state index contributed by atoms with van der Waals surface area (Å²) in [6, 6.07) is 15.1. The summed E-state index contributed by atoms with van der Waals surface area (Å²) in [5.41, 5.74) is 1.51. The van der Waals surface area contributed by atoms with Crippen molar-refractivity contribution >= 4 is 35.4 Å². The number of aliphatic hydroxyl groups excluding tert-OH is 1. The monoisotopic (exact) mass is 804 g/mol. The summed E-state index contributed by atoms with van der Waals surface area (Å²) in [5, 5.41) is 21.1. The predicted octanol–water partition coefficient (Wildman–Crippen LogP) is 6.76. The highest BCUT2D eigenvalue weighted by Gasteiger charge is 2.46. The van der Waals surface area contributed by atoms with Gasteiger partial charge in [0.15, 0.2) is 6.10 Å². The molecule has 3 aromatic rings. The summed E-state index contributed by atoms with van der Waals surface area (Å²) in [7, 11) is 1.43. The summed E-state index contributed by atoms with van der Waals surface area (Å²) in [5.74, 6) is -3.66. The van der Waals surface area contributed by atoms with Crippen LogP contribution in [-0.4, -0.2) is 66.0 Å². The van der Waals surface area contributed by atoms with E-state index in [9.17, 15) is 37.5 Å². The van der Waals surface area contributed by atoms with Crippen molar-refractivity contribution in [1.29, 1.82) is 0 Å². The first-order valence-electron chi connectivity index (χ1n) is 18.2. The fourth-order valence-corrected chi connectivity index (χ4v) is 6.02. The summed E-state index contributed by atoms with van der Waals surface area (Å²) in [6.07, 6.45) is -8.56. The zero-order valence-electron chi connectivity index (χ0n) is 32.8. The minimum atomic E-state index is -5.03. The Labute approximate surface area is 331 Å². The minimum Gasteiger partial charge on any atom is -0.497 e. The van der Waals surface area contributed by atoms with E-state index in [2.05, 4.69) is 21.3 Å². The van der Waals surface area contributed by atoms with Crippen LogP contribution in [0, 0.1) is 11.8 Å². The molecular weight excluding hydrogens is 753 g/mol. The van der Waals surface area contributed by atoms with Crippen molar-refractivity contribution in [3.05, 3.63) is 100 Å². The largest absolute Gasteiger partial charge is 0.497 e. The Kier molecular flexibility index (Phi) is 16.2. The van der Waals surface area contributed by atoms with E-state index in [0.29, 0.717) is 21.9 Å². The highest BCUT2D eigenvalue weighted by Crippen LogP contribution is 2.28. The molecule has 3 aromatic carbocycles. The molecule has 0 spiro atoms. The van der Waals surface area contributed by atoms with Crippen molar-refractivity contribution < 1.29 is 46.9 Å². The lowest BCUT2D eigenvalue weighted by molar-refractivity contribution is -0.215. The molecule has 11 nitrogen and oxygen atoms in total. The zero-order valence-corrected chi connectivity index (χ0v) is 33.5. The van der Waals surface area contributed by atoms with Crippen molar-refractivity contribution in [3.8, 4) is 5.75 Å².